The molecule has 2 atom stereocenters. The van der Waals surface area contributed by atoms with Gasteiger partial charge >= 0.3 is 11.9 Å². The fourth-order valence-electron chi connectivity index (χ4n) is 1.70. The molecule has 0 aliphatic carbocycles. The number of carbonyl (C=O) groups is 2. The van der Waals surface area contributed by atoms with Crippen LogP contribution in [0, 0.1) is 0 Å². The van der Waals surface area contributed by atoms with E-state index in [-0.39, 0.29) is 26.2 Å². The molecule has 2 unspecified atom stereocenters. The van der Waals surface area contributed by atoms with Crippen molar-refractivity contribution < 1.29 is 34.8 Å². The summed E-state index contributed by atoms with van der Waals surface area (Å²) in [6, 6.07) is 0. The van der Waals surface area contributed by atoms with Crippen LogP contribution in [0.15, 0.2) is 0 Å². The minimum absolute atomic E-state index is 0.0948. The monoisotopic (exact) mass is 308 g/mol. The summed E-state index contributed by atoms with van der Waals surface area (Å²) in [5.74, 6) is -1.62. The largest absolute Gasteiger partial charge is 0.480 e. The van der Waals surface area contributed by atoms with Crippen LogP contribution in [0.5, 0.6) is 0 Å². The van der Waals surface area contributed by atoms with Gasteiger partial charge in [-0.15, -0.1) is 0 Å². The number of aliphatic hydroxyl groups is 3. The van der Waals surface area contributed by atoms with Gasteiger partial charge in [0.15, 0.2) is 0 Å². The summed E-state index contributed by atoms with van der Waals surface area (Å²) in [7, 11) is 3.11. The fraction of sp³-hybridized carbons (Fsp3) is 0.833. The SMILES string of the molecule is CN(CC(=O)OC(CO)CN(C)CC(=O)O)CC(O)CO. The highest BCUT2D eigenvalue weighted by molar-refractivity contribution is 5.72. The minimum atomic E-state index is -1.02. The molecule has 0 rings (SSSR count). The molecule has 124 valence electrons. The molecular formula is C12H24N2O7. The van der Waals surface area contributed by atoms with Crippen LogP contribution in [0.25, 0.3) is 0 Å². The lowest BCUT2D eigenvalue weighted by atomic mass is 10.3. The Labute approximate surface area is 123 Å². The van der Waals surface area contributed by atoms with Gasteiger partial charge in [0.1, 0.15) is 6.10 Å². The summed E-state index contributed by atoms with van der Waals surface area (Å²) in [4.78, 5) is 25.0. The molecule has 9 nitrogen and oxygen atoms in total. The van der Waals surface area contributed by atoms with Gasteiger partial charge in [-0.2, -0.15) is 0 Å². The summed E-state index contributed by atoms with van der Waals surface area (Å²) in [6.07, 6.45) is -1.77. The zero-order valence-electron chi connectivity index (χ0n) is 12.3. The lowest BCUT2D eigenvalue weighted by Crippen LogP contribution is -2.40. The van der Waals surface area contributed by atoms with Crippen molar-refractivity contribution in [3.63, 3.8) is 0 Å². The third-order valence-electron chi connectivity index (χ3n) is 2.55. The number of hydrogen-bond acceptors (Lipinski definition) is 8. The second-order valence-corrected chi connectivity index (χ2v) is 4.92. The molecule has 0 spiro atoms. The maximum absolute atomic E-state index is 11.6. The predicted molar refractivity (Wildman–Crippen MR) is 72.7 cm³/mol. The first-order chi connectivity index (χ1) is 9.78. The number of esters is 1. The molecule has 0 heterocycles. The Hall–Kier alpha value is -1.26. The Bertz CT molecular complexity index is 327. The quantitative estimate of drug-likeness (QED) is 0.299. The molecule has 0 amide bonds. The van der Waals surface area contributed by atoms with E-state index in [1.54, 1.807) is 7.05 Å². The number of aliphatic carboxylic acids is 1. The van der Waals surface area contributed by atoms with E-state index in [0.29, 0.717) is 0 Å². The van der Waals surface area contributed by atoms with Gasteiger partial charge in [0.05, 0.1) is 32.4 Å². The summed E-state index contributed by atoms with van der Waals surface area (Å²) < 4.78 is 5.03. The van der Waals surface area contributed by atoms with Gasteiger partial charge in [-0.05, 0) is 14.1 Å². The number of nitrogens with zero attached hydrogens (tertiary/aromatic N) is 2. The van der Waals surface area contributed by atoms with Crippen molar-refractivity contribution in [2.24, 2.45) is 0 Å². The topological polar surface area (TPSA) is 131 Å². The normalized spacial score (nSPS) is 14.2. The van der Waals surface area contributed by atoms with E-state index < -0.39 is 37.4 Å². The van der Waals surface area contributed by atoms with E-state index >= 15 is 0 Å². The van der Waals surface area contributed by atoms with E-state index in [1.807, 2.05) is 0 Å². The molecule has 0 aliphatic rings. The first-order valence-corrected chi connectivity index (χ1v) is 6.46. The lowest BCUT2D eigenvalue weighted by molar-refractivity contribution is -0.153. The second-order valence-electron chi connectivity index (χ2n) is 4.92. The average molecular weight is 308 g/mol. The van der Waals surface area contributed by atoms with E-state index in [4.69, 9.17) is 20.1 Å². The number of hydrogen-bond donors (Lipinski definition) is 4. The van der Waals surface area contributed by atoms with Gasteiger partial charge in [0, 0.05) is 13.1 Å². The molecule has 4 N–H and O–H groups in total. The van der Waals surface area contributed by atoms with Gasteiger partial charge < -0.3 is 25.2 Å². The van der Waals surface area contributed by atoms with Crippen LogP contribution in [-0.2, 0) is 14.3 Å². The number of carboxylic acids is 1. The average Bonchev–Trinajstić information content (AvgIpc) is 2.36. The number of aliphatic hydroxyl groups excluding tert-OH is 3. The third kappa shape index (κ3) is 10.2. The highest BCUT2D eigenvalue weighted by Gasteiger charge is 2.19. The Morgan fingerprint density at radius 3 is 2.10 bits per heavy atom. The first-order valence-electron chi connectivity index (χ1n) is 6.46. The maximum Gasteiger partial charge on any atom is 0.320 e. The van der Waals surface area contributed by atoms with Crippen LogP contribution in [-0.4, -0.2) is 108 Å². The molecular weight excluding hydrogens is 284 g/mol. The summed E-state index contributed by atoms with van der Waals surface area (Å²) in [6.45, 7) is -0.962. The van der Waals surface area contributed by atoms with Crippen LogP contribution in [0.1, 0.15) is 0 Å². The highest BCUT2D eigenvalue weighted by atomic mass is 16.6. The fourth-order valence-corrected chi connectivity index (χ4v) is 1.70. The number of carboxylic acid groups (broad SMARTS) is 1. The van der Waals surface area contributed by atoms with E-state index in [9.17, 15) is 14.7 Å². The van der Waals surface area contributed by atoms with E-state index in [1.165, 1.54) is 16.8 Å². The zero-order valence-corrected chi connectivity index (χ0v) is 12.3. The Balaban J connectivity index is 4.17. The van der Waals surface area contributed by atoms with Crippen LogP contribution >= 0.6 is 0 Å². The van der Waals surface area contributed by atoms with Crippen LogP contribution in [0.3, 0.4) is 0 Å². The molecule has 9 heteroatoms. The summed E-state index contributed by atoms with van der Waals surface area (Å²) in [5, 5.41) is 35.7. The third-order valence-corrected chi connectivity index (χ3v) is 2.55. The molecule has 0 saturated heterocycles. The Morgan fingerprint density at radius 1 is 1.05 bits per heavy atom. The number of rotatable bonds is 11. The molecule has 0 fully saturated rings. The van der Waals surface area contributed by atoms with Crippen LogP contribution in [0.4, 0.5) is 0 Å². The van der Waals surface area contributed by atoms with Crippen molar-refractivity contribution in [1.29, 1.82) is 0 Å². The molecule has 0 bridgehead atoms. The zero-order chi connectivity index (χ0) is 16.4. The Kier molecular flexibility index (Phi) is 9.84. The van der Waals surface area contributed by atoms with Crippen molar-refractivity contribution in [3.05, 3.63) is 0 Å². The summed E-state index contributed by atoms with van der Waals surface area (Å²) >= 11 is 0. The van der Waals surface area contributed by atoms with E-state index in [2.05, 4.69) is 0 Å². The predicted octanol–water partition coefficient (Wildman–Crippen LogP) is -2.81. The molecule has 0 aliphatic heterocycles. The van der Waals surface area contributed by atoms with Crippen molar-refractivity contribution in [2.75, 3.05) is 53.5 Å². The summed E-state index contributed by atoms with van der Waals surface area (Å²) in [5.41, 5.74) is 0. The Morgan fingerprint density at radius 2 is 1.62 bits per heavy atom. The molecule has 0 saturated carbocycles. The number of carbonyl (C=O) groups excluding carboxylic acids is 1. The molecule has 21 heavy (non-hydrogen) atoms. The maximum atomic E-state index is 11.6. The lowest BCUT2D eigenvalue weighted by Gasteiger charge is -2.23. The van der Waals surface area contributed by atoms with E-state index in [0.717, 1.165) is 0 Å². The second kappa shape index (κ2) is 10.5. The molecule has 0 aromatic rings. The van der Waals surface area contributed by atoms with Crippen molar-refractivity contribution >= 4 is 11.9 Å². The van der Waals surface area contributed by atoms with Gasteiger partial charge in [-0.25, -0.2) is 0 Å². The van der Waals surface area contributed by atoms with Gasteiger partial charge in [-0.1, -0.05) is 0 Å². The first kappa shape index (κ1) is 19.7. The molecule has 0 aromatic heterocycles. The van der Waals surface area contributed by atoms with Crippen LogP contribution in [0.2, 0.25) is 0 Å². The minimum Gasteiger partial charge on any atom is -0.480 e. The molecule has 0 aromatic carbocycles. The van der Waals surface area contributed by atoms with Crippen molar-refractivity contribution in [2.45, 2.75) is 12.2 Å². The van der Waals surface area contributed by atoms with Crippen LogP contribution < -0.4 is 0 Å². The van der Waals surface area contributed by atoms with Gasteiger partial charge in [0.2, 0.25) is 0 Å². The smallest absolute Gasteiger partial charge is 0.320 e. The van der Waals surface area contributed by atoms with Gasteiger partial charge in [-0.3, -0.25) is 19.4 Å². The van der Waals surface area contributed by atoms with Crippen molar-refractivity contribution in [1.82, 2.24) is 9.80 Å². The number of ether oxygens (including phenoxy) is 1. The van der Waals surface area contributed by atoms with Gasteiger partial charge in [0.25, 0.3) is 0 Å². The highest BCUT2D eigenvalue weighted by Crippen LogP contribution is 1.98. The number of likely N-dealkylation sites (N-methyl/N-ethyl adjacent to an activating group) is 2. The standard InChI is InChI=1S/C12H24N2O7/c1-13(3-9(17)7-15)6-12(20)21-10(8-16)4-14(2)5-11(18)19/h9-10,15-17H,3-8H2,1-2H3,(H,18,19). The molecule has 0 radical (unpaired) electrons. The van der Waals surface area contributed by atoms with Crippen molar-refractivity contribution in [3.8, 4) is 0 Å².